The van der Waals surface area contributed by atoms with E-state index < -0.39 is 0 Å². The normalized spacial score (nSPS) is 12.6. The molecule has 47 heavy (non-hydrogen) atoms. The molecule has 7 aromatic rings. The van der Waals surface area contributed by atoms with Crippen LogP contribution in [0.3, 0.4) is 0 Å². The third-order valence-electron chi connectivity index (χ3n) is 9.45. The smallest absolute Gasteiger partial charge is 0.0543 e. The summed E-state index contributed by atoms with van der Waals surface area (Å²) in [6.07, 6.45) is 0. The topological polar surface area (TPSA) is 6.48 Å². The van der Waals surface area contributed by atoms with Crippen LogP contribution in [0.2, 0.25) is 0 Å². The summed E-state index contributed by atoms with van der Waals surface area (Å²) >= 11 is 0. The second-order valence-electron chi connectivity index (χ2n) is 12.6. The summed E-state index contributed by atoms with van der Waals surface area (Å²) in [5.74, 6) is 0. The Morgan fingerprint density at radius 3 is 1.28 bits per heavy atom. The van der Waals surface area contributed by atoms with E-state index in [-0.39, 0.29) is 5.41 Å². The number of hydrogen-bond acceptors (Lipinski definition) is 2. The molecule has 0 saturated heterocycles. The van der Waals surface area contributed by atoms with Crippen LogP contribution in [0.4, 0.5) is 34.1 Å². The number of para-hydroxylation sites is 3. The monoisotopic (exact) mass is 604 g/mol. The Morgan fingerprint density at radius 2 is 0.745 bits per heavy atom. The molecule has 0 saturated carbocycles. The van der Waals surface area contributed by atoms with Crippen LogP contribution >= 0.6 is 0 Å². The molecule has 2 nitrogen and oxygen atoms in total. The summed E-state index contributed by atoms with van der Waals surface area (Å²) < 4.78 is 0. The van der Waals surface area contributed by atoms with Crippen LogP contribution in [-0.4, -0.2) is 0 Å². The molecule has 0 N–H and O–H groups in total. The molecule has 0 bridgehead atoms. The van der Waals surface area contributed by atoms with Gasteiger partial charge >= 0.3 is 0 Å². The highest BCUT2D eigenvalue weighted by Crippen LogP contribution is 2.54. The van der Waals surface area contributed by atoms with Crippen LogP contribution in [0, 0.1) is 0 Å². The highest BCUT2D eigenvalue weighted by Gasteiger charge is 2.37. The number of nitrogens with zero attached hydrogens (tertiary/aromatic N) is 2. The summed E-state index contributed by atoms with van der Waals surface area (Å²) in [5.41, 5.74) is 14.6. The van der Waals surface area contributed by atoms with Gasteiger partial charge in [0.1, 0.15) is 0 Å². The van der Waals surface area contributed by atoms with E-state index in [9.17, 15) is 0 Å². The number of hydrogen-bond donors (Lipinski definition) is 0. The van der Waals surface area contributed by atoms with Gasteiger partial charge in [-0.3, -0.25) is 0 Å². The van der Waals surface area contributed by atoms with Crippen LogP contribution in [0.5, 0.6) is 0 Å². The number of rotatable bonds is 7. The maximum atomic E-state index is 2.40. The summed E-state index contributed by atoms with van der Waals surface area (Å²) in [5, 5.41) is 0. The molecule has 2 heteroatoms. The van der Waals surface area contributed by atoms with Crippen molar-refractivity contribution in [2.75, 3.05) is 9.80 Å². The van der Waals surface area contributed by atoms with Gasteiger partial charge in [-0.1, -0.05) is 129 Å². The van der Waals surface area contributed by atoms with E-state index in [2.05, 4.69) is 206 Å². The van der Waals surface area contributed by atoms with Gasteiger partial charge in [-0.25, -0.2) is 0 Å². The van der Waals surface area contributed by atoms with Gasteiger partial charge in [0.15, 0.2) is 0 Å². The fourth-order valence-electron chi connectivity index (χ4n) is 7.13. The summed E-state index contributed by atoms with van der Waals surface area (Å²) in [7, 11) is 0. The van der Waals surface area contributed by atoms with Gasteiger partial charge in [0.05, 0.1) is 5.69 Å². The van der Waals surface area contributed by atoms with Crippen LogP contribution in [-0.2, 0) is 5.41 Å². The van der Waals surface area contributed by atoms with Crippen LogP contribution in [0.1, 0.15) is 25.0 Å². The van der Waals surface area contributed by atoms with Crippen molar-refractivity contribution < 1.29 is 0 Å². The van der Waals surface area contributed by atoms with Crippen molar-refractivity contribution in [2.24, 2.45) is 0 Å². The molecule has 0 atom stereocenters. The molecule has 8 rings (SSSR count). The van der Waals surface area contributed by atoms with E-state index in [0.717, 1.165) is 28.4 Å². The van der Waals surface area contributed by atoms with Crippen molar-refractivity contribution in [3.8, 4) is 22.3 Å². The van der Waals surface area contributed by atoms with Gasteiger partial charge in [-0.05, 0) is 94.5 Å². The third kappa shape index (κ3) is 5.09. The standard InChI is InChI=1S/C45H36N2/c1-45(2)41-22-13-12-21-40(41)44-42(45)23-14-24-43(44)47(37-19-10-5-11-20-37)39-31-27-34(28-32-39)33-25-29-38(30-26-33)46(35-15-6-3-7-16-35)36-17-8-4-9-18-36/h3-32H,1-2H3. The molecule has 0 radical (unpaired) electrons. The molecule has 0 unspecified atom stereocenters. The van der Waals surface area contributed by atoms with E-state index >= 15 is 0 Å². The maximum Gasteiger partial charge on any atom is 0.0543 e. The Hall–Kier alpha value is -5.86. The molecule has 0 fully saturated rings. The second-order valence-corrected chi connectivity index (χ2v) is 12.6. The zero-order valence-electron chi connectivity index (χ0n) is 26.7. The molecular formula is C45H36N2. The fraction of sp³-hybridized carbons (Fsp3) is 0.0667. The van der Waals surface area contributed by atoms with Crippen molar-refractivity contribution in [3.05, 3.63) is 193 Å². The predicted octanol–water partition coefficient (Wildman–Crippen LogP) is 12.6. The average molecular weight is 605 g/mol. The predicted molar refractivity (Wildman–Crippen MR) is 199 cm³/mol. The highest BCUT2D eigenvalue weighted by atomic mass is 15.1. The number of anilines is 6. The van der Waals surface area contributed by atoms with Crippen LogP contribution in [0.25, 0.3) is 22.3 Å². The van der Waals surface area contributed by atoms with Crippen molar-refractivity contribution in [1.82, 2.24) is 0 Å². The SMILES string of the molecule is CC1(C)c2ccccc2-c2c(N(c3ccccc3)c3ccc(-c4ccc(N(c5ccccc5)c5ccccc5)cc4)cc3)cccc21. The molecule has 7 aromatic carbocycles. The molecule has 226 valence electrons. The van der Waals surface area contributed by atoms with Crippen molar-refractivity contribution in [3.63, 3.8) is 0 Å². The van der Waals surface area contributed by atoms with Gasteiger partial charge in [0.25, 0.3) is 0 Å². The van der Waals surface area contributed by atoms with Crippen LogP contribution < -0.4 is 9.80 Å². The minimum absolute atomic E-state index is 0.0586. The second kappa shape index (κ2) is 11.8. The zero-order valence-corrected chi connectivity index (χ0v) is 26.7. The zero-order chi connectivity index (χ0) is 31.8. The lowest BCUT2D eigenvalue weighted by atomic mass is 9.82. The molecule has 0 spiro atoms. The number of fused-ring (bicyclic) bond motifs is 3. The van der Waals surface area contributed by atoms with Gasteiger partial charge in [0.2, 0.25) is 0 Å². The first-order valence-electron chi connectivity index (χ1n) is 16.3. The molecule has 1 aliphatic rings. The molecule has 0 aliphatic heterocycles. The lowest BCUT2D eigenvalue weighted by Gasteiger charge is -2.29. The molecule has 0 amide bonds. The molecule has 0 aromatic heterocycles. The highest BCUT2D eigenvalue weighted by molar-refractivity contribution is 5.95. The van der Waals surface area contributed by atoms with Gasteiger partial charge in [-0.15, -0.1) is 0 Å². The Labute approximate surface area is 277 Å². The quantitative estimate of drug-likeness (QED) is 0.179. The minimum Gasteiger partial charge on any atom is -0.311 e. The Morgan fingerprint density at radius 1 is 0.340 bits per heavy atom. The van der Waals surface area contributed by atoms with E-state index in [1.165, 1.54) is 39.1 Å². The van der Waals surface area contributed by atoms with Gasteiger partial charge in [0, 0.05) is 39.4 Å². The van der Waals surface area contributed by atoms with Gasteiger partial charge in [-0.2, -0.15) is 0 Å². The first kappa shape index (κ1) is 28.6. The Bertz CT molecular complexity index is 2090. The lowest BCUT2D eigenvalue weighted by molar-refractivity contribution is 0.660. The number of benzene rings is 7. The summed E-state index contributed by atoms with van der Waals surface area (Å²) in [6.45, 7) is 4.68. The Balaban J connectivity index is 1.17. The minimum atomic E-state index is -0.0586. The van der Waals surface area contributed by atoms with Crippen LogP contribution in [0.15, 0.2) is 182 Å². The van der Waals surface area contributed by atoms with E-state index in [1.807, 2.05) is 0 Å². The first-order chi connectivity index (χ1) is 23.1. The average Bonchev–Trinajstić information content (AvgIpc) is 3.37. The maximum absolute atomic E-state index is 2.40. The largest absolute Gasteiger partial charge is 0.311 e. The first-order valence-corrected chi connectivity index (χ1v) is 16.3. The van der Waals surface area contributed by atoms with E-state index in [4.69, 9.17) is 0 Å². The Kier molecular flexibility index (Phi) is 7.19. The molecule has 0 heterocycles. The van der Waals surface area contributed by atoms with Crippen molar-refractivity contribution in [1.29, 1.82) is 0 Å². The lowest BCUT2D eigenvalue weighted by Crippen LogP contribution is -2.16. The van der Waals surface area contributed by atoms with Crippen molar-refractivity contribution >= 4 is 34.1 Å². The summed E-state index contributed by atoms with van der Waals surface area (Å²) in [4.78, 5) is 4.70. The fourth-order valence-corrected chi connectivity index (χ4v) is 7.13. The van der Waals surface area contributed by atoms with Crippen molar-refractivity contribution in [2.45, 2.75) is 19.3 Å². The van der Waals surface area contributed by atoms with E-state index in [1.54, 1.807) is 0 Å². The summed E-state index contributed by atoms with van der Waals surface area (Å²) in [6, 6.07) is 65.3. The van der Waals surface area contributed by atoms with E-state index in [0.29, 0.717) is 0 Å². The van der Waals surface area contributed by atoms with Gasteiger partial charge < -0.3 is 9.80 Å². The molecule has 1 aliphatic carbocycles. The molecular weight excluding hydrogens is 569 g/mol. The third-order valence-corrected chi connectivity index (χ3v) is 9.45.